The fourth-order valence-electron chi connectivity index (χ4n) is 3.34. The molecule has 24 heavy (non-hydrogen) atoms. The summed E-state index contributed by atoms with van der Waals surface area (Å²) in [7, 11) is 0. The van der Waals surface area contributed by atoms with Gasteiger partial charge in [-0.1, -0.05) is 12.1 Å². The lowest BCUT2D eigenvalue weighted by Gasteiger charge is -2.31. The van der Waals surface area contributed by atoms with Crippen LogP contribution in [0, 0.1) is 0 Å². The molecule has 0 bridgehead atoms. The molecule has 1 saturated heterocycles. The molecule has 1 aromatic carbocycles. The van der Waals surface area contributed by atoms with Crippen LogP contribution in [0.2, 0.25) is 0 Å². The molecule has 0 radical (unpaired) electrons. The van der Waals surface area contributed by atoms with Crippen molar-refractivity contribution in [3.63, 3.8) is 0 Å². The summed E-state index contributed by atoms with van der Waals surface area (Å²) in [6.45, 7) is 1.81. The molecule has 2 amide bonds. The van der Waals surface area contributed by atoms with E-state index in [2.05, 4.69) is 27.0 Å². The molecule has 2 N–H and O–H groups in total. The highest BCUT2D eigenvalue weighted by atomic mass is 32.1. The van der Waals surface area contributed by atoms with Crippen molar-refractivity contribution in [3.05, 3.63) is 46.2 Å². The smallest absolute Gasteiger partial charge is 0.247 e. The summed E-state index contributed by atoms with van der Waals surface area (Å²) in [5, 5.41) is 7.86. The van der Waals surface area contributed by atoms with Crippen molar-refractivity contribution in [2.75, 3.05) is 16.8 Å². The lowest BCUT2D eigenvalue weighted by Crippen LogP contribution is -2.38. The Kier molecular flexibility index (Phi) is 3.98. The van der Waals surface area contributed by atoms with Gasteiger partial charge in [0, 0.05) is 24.4 Å². The van der Waals surface area contributed by atoms with Crippen molar-refractivity contribution in [1.82, 2.24) is 5.32 Å². The van der Waals surface area contributed by atoms with Gasteiger partial charge < -0.3 is 15.5 Å². The number of thiophene rings is 1. The average Bonchev–Trinajstić information content (AvgIpc) is 3.23. The molecule has 1 unspecified atom stereocenters. The second kappa shape index (κ2) is 6.28. The third-order valence-electron chi connectivity index (χ3n) is 4.62. The van der Waals surface area contributed by atoms with Gasteiger partial charge in [0.1, 0.15) is 6.04 Å². The van der Waals surface area contributed by atoms with Crippen molar-refractivity contribution in [3.8, 4) is 0 Å². The van der Waals surface area contributed by atoms with Gasteiger partial charge >= 0.3 is 0 Å². The van der Waals surface area contributed by atoms with Crippen LogP contribution in [0.5, 0.6) is 0 Å². The molecule has 1 atom stereocenters. The molecule has 2 aliphatic rings. The number of amides is 2. The summed E-state index contributed by atoms with van der Waals surface area (Å²) in [5.41, 5.74) is 3.21. The standard InChI is InChI=1S/C18H19N3O2S/c22-17-6-5-14(19-17)18(23)20-13-3-1-2-4-15(13)21-9-7-16-12(11-21)8-10-24-16/h1-4,8,10,14H,5-7,9,11H2,(H,19,22)(H,20,23). The van der Waals surface area contributed by atoms with Crippen LogP contribution in [0.15, 0.2) is 35.7 Å². The van der Waals surface area contributed by atoms with E-state index in [0.29, 0.717) is 12.8 Å². The number of hydrogen-bond donors (Lipinski definition) is 2. The Bertz CT molecular complexity index is 786. The maximum absolute atomic E-state index is 12.4. The van der Waals surface area contributed by atoms with Crippen LogP contribution in [0.1, 0.15) is 23.3 Å². The van der Waals surface area contributed by atoms with Gasteiger partial charge in [0.2, 0.25) is 11.8 Å². The summed E-state index contributed by atoms with van der Waals surface area (Å²) < 4.78 is 0. The monoisotopic (exact) mass is 341 g/mol. The van der Waals surface area contributed by atoms with Gasteiger partial charge in [-0.15, -0.1) is 11.3 Å². The Labute approximate surface area is 144 Å². The molecular formula is C18H19N3O2S. The van der Waals surface area contributed by atoms with Gasteiger partial charge in [-0.2, -0.15) is 0 Å². The molecule has 3 heterocycles. The first-order chi connectivity index (χ1) is 11.7. The second-order valence-electron chi connectivity index (χ2n) is 6.21. The second-order valence-corrected chi connectivity index (χ2v) is 7.21. The Morgan fingerprint density at radius 3 is 2.96 bits per heavy atom. The number of nitrogens with one attached hydrogen (secondary N) is 2. The van der Waals surface area contributed by atoms with Gasteiger partial charge in [-0.25, -0.2) is 0 Å². The highest BCUT2D eigenvalue weighted by Crippen LogP contribution is 2.32. The molecule has 4 rings (SSSR count). The van der Waals surface area contributed by atoms with Crippen molar-refractivity contribution in [2.45, 2.75) is 31.8 Å². The SMILES string of the molecule is O=C1CCC(C(=O)Nc2ccccc2N2CCc3sccc3C2)N1. The lowest BCUT2D eigenvalue weighted by atomic mass is 10.1. The number of carbonyl (C=O) groups is 2. The zero-order valence-corrected chi connectivity index (χ0v) is 14.1. The highest BCUT2D eigenvalue weighted by molar-refractivity contribution is 7.10. The first kappa shape index (κ1) is 15.2. The zero-order chi connectivity index (χ0) is 16.5. The van der Waals surface area contributed by atoms with Crippen molar-refractivity contribution < 1.29 is 9.59 Å². The van der Waals surface area contributed by atoms with Crippen molar-refractivity contribution >= 4 is 34.5 Å². The van der Waals surface area contributed by atoms with Crippen molar-refractivity contribution in [1.29, 1.82) is 0 Å². The van der Waals surface area contributed by atoms with Crippen LogP contribution in [0.3, 0.4) is 0 Å². The van der Waals surface area contributed by atoms with E-state index in [4.69, 9.17) is 0 Å². The maximum atomic E-state index is 12.4. The van der Waals surface area contributed by atoms with Gasteiger partial charge in [0.25, 0.3) is 0 Å². The van der Waals surface area contributed by atoms with Gasteiger partial charge in [-0.3, -0.25) is 9.59 Å². The Morgan fingerprint density at radius 1 is 1.25 bits per heavy atom. The van der Waals surface area contributed by atoms with Crippen LogP contribution >= 0.6 is 11.3 Å². The zero-order valence-electron chi connectivity index (χ0n) is 13.2. The Hall–Kier alpha value is -2.34. The van der Waals surface area contributed by atoms with E-state index in [-0.39, 0.29) is 11.8 Å². The fourth-order valence-corrected chi connectivity index (χ4v) is 4.23. The highest BCUT2D eigenvalue weighted by Gasteiger charge is 2.28. The minimum atomic E-state index is -0.421. The van der Waals surface area contributed by atoms with E-state index in [1.54, 1.807) is 0 Å². The average molecular weight is 341 g/mol. The van der Waals surface area contributed by atoms with E-state index < -0.39 is 6.04 Å². The molecule has 5 nitrogen and oxygen atoms in total. The number of hydrogen-bond acceptors (Lipinski definition) is 4. The van der Waals surface area contributed by atoms with Gasteiger partial charge in [-0.05, 0) is 42.0 Å². The molecule has 0 spiro atoms. The van der Waals surface area contributed by atoms with Crippen LogP contribution in [0.25, 0.3) is 0 Å². The number of benzene rings is 1. The lowest BCUT2D eigenvalue weighted by molar-refractivity contribution is -0.122. The molecule has 1 fully saturated rings. The topological polar surface area (TPSA) is 61.4 Å². The van der Waals surface area contributed by atoms with Crippen LogP contribution < -0.4 is 15.5 Å². The summed E-state index contributed by atoms with van der Waals surface area (Å²) >= 11 is 1.82. The number of para-hydroxylation sites is 2. The van der Waals surface area contributed by atoms with Crippen LogP contribution in [-0.4, -0.2) is 24.4 Å². The third-order valence-corrected chi connectivity index (χ3v) is 5.65. The van der Waals surface area contributed by atoms with E-state index in [1.165, 1.54) is 10.4 Å². The predicted molar refractivity (Wildman–Crippen MR) is 95.3 cm³/mol. The number of fused-ring (bicyclic) bond motifs is 1. The number of nitrogens with zero attached hydrogens (tertiary/aromatic N) is 1. The summed E-state index contributed by atoms with van der Waals surface area (Å²) in [6.07, 6.45) is 2.02. The minimum absolute atomic E-state index is 0.0514. The van der Waals surface area contributed by atoms with Gasteiger partial charge in [0.05, 0.1) is 11.4 Å². The molecule has 2 aliphatic heterocycles. The first-order valence-corrected chi connectivity index (χ1v) is 9.08. The molecule has 0 aliphatic carbocycles. The van der Waals surface area contributed by atoms with E-state index in [1.807, 2.05) is 35.6 Å². The van der Waals surface area contributed by atoms with Crippen LogP contribution in [-0.2, 0) is 22.6 Å². The predicted octanol–water partition coefficient (Wildman–Crippen LogP) is 2.53. The van der Waals surface area contributed by atoms with Gasteiger partial charge in [0.15, 0.2) is 0 Å². The van der Waals surface area contributed by atoms with E-state index in [0.717, 1.165) is 30.9 Å². The number of anilines is 2. The van der Waals surface area contributed by atoms with Crippen molar-refractivity contribution in [2.24, 2.45) is 0 Å². The Balaban J connectivity index is 1.53. The number of rotatable bonds is 3. The molecule has 6 heteroatoms. The number of carbonyl (C=O) groups excluding carboxylic acids is 2. The summed E-state index contributed by atoms with van der Waals surface area (Å²) in [5.74, 6) is -0.189. The normalized spacial score (nSPS) is 19.8. The van der Waals surface area contributed by atoms with E-state index in [9.17, 15) is 9.59 Å². The molecule has 1 aromatic heterocycles. The molecule has 124 valence electrons. The minimum Gasteiger partial charge on any atom is -0.365 e. The summed E-state index contributed by atoms with van der Waals surface area (Å²) in [4.78, 5) is 27.5. The third kappa shape index (κ3) is 2.89. The largest absolute Gasteiger partial charge is 0.365 e. The van der Waals surface area contributed by atoms with Crippen LogP contribution in [0.4, 0.5) is 11.4 Å². The summed E-state index contributed by atoms with van der Waals surface area (Å²) in [6, 6.07) is 9.64. The quantitative estimate of drug-likeness (QED) is 0.902. The first-order valence-electron chi connectivity index (χ1n) is 8.20. The van der Waals surface area contributed by atoms with E-state index >= 15 is 0 Å². The maximum Gasteiger partial charge on any atom is 0.247 e. The molecule has 2 aromatic rings. The molecule has 0 saturated carbocycles. The molecular weight excluding hydrogens is 322 g/mol. The fraction of sp³-hybridized carbons (Fsp3) is 0.333. The Morgan fingerprint density at radius 2 is 2.12 bits per heavy atom.